The van der Waals surface area contributed by atoms with E-state index in [2.05, 4.69) is 43.0 Å². The van der Waals surface area contributed by atoms with Crippen molar-refractivity contribution in [1.82, 2.24) is 15.1 Å². The van der Waals surface area contributed by atoms with Crippen molar-refractivity contribution in [2.24, 2.45) is 0 Å². The van der Waals surface area contributed by atoms with Crippen molar-refractivity contribution in [3.05, 3.63) is 22.6 Å². The van der Waals surface area contributed by atoms with E-state index in [9.17, 15) is 4.79 Å². The Morgan fingerprint density at radius 1 is 1.30 bits per heavy atom. The van der Waals surface area contributed by atoms with Gasteiger partial charge < -0.3 is 10.2 Å². The molecule has 0 aliphatic carbocycles. The highest BCUT2D eigenvalue weighted by molar-refractivity contribution is 5.42. The smallest absolute Gasteiger partial charge is 0.268 e. The zero-order valence-corrected chi connectivity index (χ0v) is 13.2. The van der Waals surface area contributed by atoms with Crippen LogP contribution >= 0.6 is 0 Å². The number of hydrogen-bond donors (Lipinski definition) is 1. The normalized spacial score (nSPS) is 12.4. The Balaban J connectivity index is 2.84. The molecule has 0 amide bonds. The second-order valence-corrected chi connectivity index (χ2v) is 4.95. The molecule has 0 saturated carbocycles. The molecule has 20 heavy (non-hydrogen) atoms. The second-order valence-electron chi connectivity index (χ2n) is 4.95. The summed E-state index contributed by atoms with van der Waals surface area (Å²) >= 11 is 0. The zero-order chi connectivity index (χ0) is 15.0. The van der Waals surface area contributed by atoms with Crippen LogP contribution in [0, 0.1) is 0 Å². The van der Waals surface area contributed by atoms with E-state index >= 15 is 0 Å². The first-order valence-electron chi connectivity index (χ1n) is 7.71. The molecule has 114 valence electrons. The fourth-order valence-electron chi connectivity index (χ4n) is 2.43. The summed E-state index contributed by atoms with van der Waals surface area (Å²) in [4.78, 5) is 14.3. The number of aromatic nitrogens is 2. The Kier molecular flexibility index (Phi) is 7.30. The third kappa shape index (κ3) is 4.63. The second kappa shape index (κ2) is 8.74. The van der Waals surface area contributed by atoms with E-state index in [1.807, 2.05) is 0 Å². The van der Waals surface area contributed by atoms with Gasteiger partial charge in [0.1, 0.15) is 0 Å². The predicted molar refractivity (Wildman–Crippen MR) is 84.4 cm³/mol. The van der Waals surface area contributed by atoms with Crippen LogP contribution in [0.5, 0.6) is 0 Å². The molecule has 0 spiro atoms. The number of anilines is 1. The molecule has 0 aromatic carbocycles. The highest BCUT2D eigenvalue weighted by Gasteiger charge is 2.10. The van der Waals surface area contributed by atoms with Crippen LogP contribution in [0.3, 0.4) is 0 Å². The van der Waals surface area contributed by atoms with Gasteiger partial charge in [0.05, 0.1) is 18.4 Å². The van der Waals surface area contributed by atoms with E-state index in [1.165, 1.54) is 0 Å². The standard InChI is InChI=1S/C15H28N4O/c1-5-9-13(16-6-2)12-19-15(20)10-14(11-17-19)18(7-3)8-4/h10-11,13,16H,5-9,12H2,1-4H3. The van der Waals surface area contributed by atoms with Crippen molar-refractivity contribution >= 4 is 5.69 Å². The Labute approximate surface area is 122 Å². The van der Waals surface area contributed by atoms with Crippen LogP contribution in [0.2, 0.25) is 0 Å². The van der Waals surface area contributed by atoms with Crippen LogP contribution in [0.1, 0.15) is 40.5 Å². The Morgan fingerprint density at radius 2 is 2.00 bits per heavy atom. The third-order valence-electron chi connectivity index (χ3n) is 3.51. The highest BCUT2D eigenvalue weighted by Crippen LogP contribution is 2.08. The van der Waals surface area contributed by atoms with E-state index in [0.29, 0.717) is 12.6 Å². The van der Waals surface area contributed by atoms with Crippen LogP contribution in [0.15, 0.2) is 17.1 Å². The lowest BCUT2D eigenvalue weighted by molar-refractivity contribution is 0.399. The third-order valence-corrected chi connectivity index (χ3v) is 3.51. The molecular weight excluding hydrogens is 252 g/mol. The monoisotopic (exact) mass is 280 g/mol. The van der Waals surface area contributed by atoms with Crippen LogP contribution < -0.4 is 15.8 Å². The summed E-state index contributed by atoms with van der Waals surface area (Å²) in [6.07, 6.45) is 3.95. The Hall–Kier alpha value is -1.36. The van der Waals surface area contributed by atoms with Gasteiger partial charge in [0.2, 0.25) is 0 Å². The molecule has 5 nitrogen and oxygen atoms in total. The van der Waals surface area contributed by atoms with E-state index in [0.717, 1.165) is 38.2 Å². The van der Waals surface area contributed by atoms with Gasteiger partial charge in [-0.1, -0.05) is 20.3 Å². The SMILES string of the molecule is CCCC(Cn1ncc(N(CC)CC)cc1=O)NCC. The topological polar surface area (TPSA) is 50.2 Å². The number of hydrogen-bond acceptors (Lipinski definition) is 4. The summed E-state index contributed by atoms with van der Waals surface area (Å²) in [6, 6.07) is 2.00. The van der Waals surface area contributed by atoms with Crippen molar-refractivity contribution in [3.8, 4) is 0 Å². The van der Waals surface area contributed by atoms with Crippen LogP contribution in [0.25, 0.3) is 0 Å². The Morgan fingerprint density at radius 3 is 2.50 bits per heavy atom. The van der Waals surface area contributed by atoms with E-state index in [1.54, 1.807) is 16.9 Å². The molecule has 1 aromatic rings. The van der Waals surface area contributed by atoms with Crippen molar-refractivity contribution in [2.75, 3.05) is 24.5 Å². The fraction of sp³-hybridized carbons (Fsp3) is 0.733. The lowest BCUT2D eigenvalue weighted by Gasteiger charge is -2.21. The molecule has 0 fully saturated rings. The molecule has 1 N–H and O–H groups in total. The maximum absolute atomic E-state index is 12.2. The highest BCUT2D eigenvalue weighted by atomic mass is 16.1. The van der Waals surface area contributed by atoms with Gasteiger partial charge in [0.25, 0.3) is 5.56 Å². The van der Waals surface area contributed by atoms with Gasteiger partial charge in [0.15, 0.2) is 0 Å². The molecule has 0 bridgehead atoms. The minimum Gasteiger partial charge on any atom is -0.371 e. The minimum absolute atomic E-state index is 0.0200. The van der Waals surface area contributed by atoms with Gasteiger partial charge in [-0.2, -0.15) is 5.10 Å². The first-order chi connectivity index (χ1) is 9.65. The molecule has 1 heterocycles. The number of nitrogens with zero attached hydrogens (tertiary/aromatic N) is 3. The van der Waals surface area contributed by atoms with Gasteiger partial charge >= 0.3 is 0 Å². The van der Waals surface area contributed by atoms with Gasteiger partial charge in [-0.3, -0.25) is 4.79 Å². The zero-order valence-electron chi connectivity index (χ0n) is 13.2. The lowest BCUT2D eigenvalue weighted by atomic mass is 10.1. The number of rotatable bonds is 9. The van der Waals surface area contributed by atoms with E-state index < -0.39 is 0 Å². The molecular formula is C15H28N4O. The Bertz CT molecular complexity index is 434. The van der Waals surface area contributed by atoms with Gasteiger partial charge in [-0.15, -0.1) is 0 Å². The van der Waals surface area contributed by atoms with Crippen molar-refractivity contribution < 1.29 is 0 Å². The van der Waals surface area contributed by atoms with Crippen molar-refractivity contribution in [2.45, 2.75) is 53.1 Å². The van der Waals surface area contributed by atoms with E-state index in [-0.39, 0.29) is 5.56 Å². The maximum Gasteiger partial charge on any atom is 0.268 e. The number of likely N-dealkylation sites (N-methyl/N-ethyl adjacent to an activating group) is 1. The first-order valence-corrected chi connectivity index (χ1v) is 7.71. The summed E-state index contributed by atoms with van der Waals surface area (Å²) in [5, 5.41) is 7.73. The molecule has 1 aromatic heterocycles. The average Bonchev–Trinajstić information content (AvgIpc) is 2.43. The summed E-state index contributed by atoms with van der Waals surface area (Å²) in [7, 11) is 0. The summed E-state index contributed by atoms with van der Waals surface area (Å²) in [6.45, 7) is 11.7. The van der Waals surface area contributed by atoms with Crippen LogP contribution in [-0.2, 0) is 6.54 Å². The molecule has 1 atom stereocenters. The van der Waals surface area contributed by atoms with E-state index in [4.69, 9.17) is 0 Å². The number of nitrogens with one attached hydrogen (secondary N) is 1. The fourth-order valence-corrected chi connectivity index (χ4v) is 2.43. The summed E-state index contributed by atoms with van der Waals surface area (Å²) in [5.41, 5.74) is 0.889. The first kappa shape index (κ1) is 16.7. The molecule has 5 heteroatoms. The van der Waals surface area contributed by atoms with Gasteiger partial charge in [-0.25, -0.2) is 4.68 Å². The molecule has 0 radical (unpaired) electrons. The lowest BCUT2D eigenvalue weighted by Crippen LogP contribution is -2.37. The minimum atomic E-state index is -0.0200. The van der Waals surface area contributed by atoms with Crippen LogP contribution in [-0.4, -0.2) is 35.5 Å². The molecule has 1 rings (SSSR count). The van der Waals surface area contributed by atoms with Gasteiger partial charge in [-0.05, 0) is 26.8 Å². The van der Waals surface area contributed by atoms with Crippen molar-refractivity contribution in [3.63, 3.8) is 0 Å². The summed E-state index contributed by atoms with van der Waals surface area (Å²) < 4.78 is 1.57. The molecule has 0 saturated heterocycles. The maximum atomic E-state index is 12.2. The predicted octanol–water partition coefficient (Wildman–Crippen LogP) is 1.87. The van der Waals surface area contributed by atoms with Gasteiger partial charge in [0, 0.05) is 25.2 Å². The molecule has 0 aliphatic heterocycles. The van der Waals surface area contributed by atoms with Crippen LogP contribution in [0.4, 0.5) is 5.69 Å². The molecule has 1 unspecified atom stereocenters. The largest absolute Gasteiger partial charge is 0.371 e. The average molecular weight is 280 g/mol. The summed E-state index contributed by atoms with van der Waals surface area (Å²) in [5.74, 6) is 0. The van der Waals surface area contributed by atoms with Crippen molar-refractivity contribution in [1.29, 1.82) is 0 Å². The molecule has 0 aliphatic rings. The quantitative estimate of drug-likeness (QED) is 0.750.